The summed E-state index contributed by atoms with van der Waals surface area (Å²) in [5.41, 5.74) is 0.579. The number of rotatable bonds is 3. The first-order valence-corrected chi connectivity index (χ1v) is 7.55. The van der Waals surface area contributed by atoms with Gasteiger partial charge in [0.25, 0.3) is 0 Å². The highest BCUT2D eigenvalue weighted by molar-refractivity contribution is 6.30. The van der Waals surface area contributed by atoms with Crippen molar-refractivity contribution in [3.63, 3.8) is 0 Å². The average Bonchev–Trinajstić information content (AvgIpc) is 2.83. The van der Waals surface area contributed by atoms with Crippen LogP contribution < -0.4 is 0 Å². The molecule has 1 aliphatic rings. The van der Waals surface area contributed by atoms with E-state index in [1.807, 2.05) is 45.0 Å². The van der Waals surface area contributed by atoms with Crippen LogP contribution in [-0.2, 0) is 16.1 Å². The van der Waals surface area contributed by atoms with Gasteiger partial charge in [-0.25, -0.2) is 4.79 Å². The Morgan fingerprint density at radius 3 is 2.86 bits per heavy atom. The van der Waals surface area contributed by atoms with Gasteiger partial charge in [-0.15, -0.1) is 0 Å². The number of ether oxygens (including phenoxy) is 2. The molecule has 1 aliphatic heterocycles. The van der Waals surface area contributed by atoms with E-state index in [4.69, 9.17) is 21.1 Å². The lowest BCUT2D eigenvalue weighted by Crippen LogP contribution is -2.36. The summed E-state index contributed by atoms with van der Waals surface area (Å²) in [6.45, 7) is 7.37. The Morgan fingerprint density at radius 2 is 2.19 bits per heavy atom. The minimum Gasteiger partial charge on any atom is -0.444 e. The second-order valence-electron chi connectivity index (χ2n) is 6.28. The van der Waals surface area contributed by atoms with E-state index < -0.39 is 5.60 Å². The van der Waals surface area contributed by atoms with E-state index in [-0.39, 0.29) is 12.2 Å². The summed E-state index contributed by atoms with van der Waals surface area (Å²) in [4.78, 5) is 13.7. The maximum atomic E-state index is 12.0. The molecule has 5 heteroatoms. The Hall–Kier alpha value is -1.26. The maximum Gasteiger partial charge on any atom is 0.410 e. The Bertz CT molecular complexity index is 499. The van der Waals surface area contributed by atoms with Crippen molar-refractivity contribution in [1.29, 1.82) is 0 Å². The maximum absolute atomic E-state index is 12.0. The van der Waals surface area contributed by atoms with Crippen molar-refractivity contribution < 1.29 is 14.3 Å². The van der Waals surface area contributed by atoms with E-state index in [1.54, 1.807) is 4.90 Å². The number of carbonyl (C=O) groups is 1. The summed E-state index contributed by atoms with van der Waals surface area (Å²) < 4.78 is 11.2. The molecule has 0 spiro atoms. The van der Waals surface area contributed by atoms with Crippen molar-refractivity contribution in [2.24, 2.45) is 0 Å². The molecule has 1 heterocycles. The molecule has 4 nitrogen and oxygen atoms in total. The van der Waals surface area contributed by atoms with Crippen LogP contribution in [0.5, 0.6) is 0 Å². The molecule has 1 fully saturated rings. The predicted molar refractivity (Wildman–Crippen MR) is 82.5 cm³/mol. The third-order valence-corrected chi connectivity index (χ3v) is 3.41. The van der Waals surface area contributed by atoms with Gasteiger partial charge in [0.1, 0.15) is 5.60 Å². The van der Waals surface area contributed by atoms with Crippen molar-refractivity contribution in [2.75, 3.05) is 13.1 Å². The van der Waals surface area contributed by atoms with E-state index in [0.29, 0.717) is 24.7 Å². The summed E-state index contributed by atoms with van der Waals surface area (Å²) in [6, 6.07) is 7.61. The van der Waals surface area contributed by atoms with Crippen molar-refractivity contribution in [3.8, 4) is 0 Å². The monoisotopic (exact) mass is 311 g/mol. The standard InChI is InChI=1S/C16H22ClNO3/c1-16(2,3)21-15(19)18-8-7-14(10-18)20-11-12-5-4-6-13(17)9-12/h4-6,9,14H,7-8,10-11H2,1-3H3. The van der Waals surface area contributed by atoms with Crippen LogP contribution in [0.15, 0.2) is 24.3 Å². The molecule has 1 aromatic carbocycles. The van der Waals surface area contributed by atoms with Gasteiger partial charge in [0, 0.05) is 11.6 Å². The number of hydrogen-bond acceptors (Lipinski definition) is 3. The number of nitrogens with zero attached hydrogens (tertiary/aromatic N) is 1. The van der Waals surface area contributed by atoms with Crippen LogP contribution in [0.25, 0.3) is 0 Å². The van der Waals surface area contributed by atoms with Gasteiger partial charge in [0.15, 0.2) is 0 Å². The Balaban J connectivity index is 1.79. The molecule has 0 bridgehead atoms. The molecule has 0 N–H and O–H groups in total. The first-order valence-electron chi connectivity index (χ1n) is 7.17. The number of amides is 1. The van der Waals surface area contributed by atoms with Crippen molar-refractivity contribution >= 4 is 17.7 Å². The van der Waals surface area contributed by atoms with Gasteiger partial charge in [0.2, 0.25) is 0 Å². The molecule has 1 saturated heterocycles. The lowest BCUT2D eigenvalue weighted by Gasteiger charge is -2.24. The van der Waals surface area contributed by atoms with Crippen LogP contribution >= 0.6 is 11.6 Å². The van der Waals surface area contributed by atoms with Crippen molar-refractivity contribution in [3.05, 3.63) is 34.9 Å². The van der Waals surface area contributed by atoms with Crippen LogP contribution in [0.3, 0.4) is 0 Å². The van der Waals surface area contributed by atoms with Crippen LogP contribution in [0.1, 0.15) is 32.8 Å². The molecule has 0 saturated carbocycles. The minimum atomic E-state index is -0.461. The zero-order valence-corrected chi connectivity index (χ0v) is 13.5. The predicted octanol–water partition coefficient (Wildman–Crippen LogP) is 3.87. The molecular formula is C16H22ClNO3. The third-order valence-electron chi connectivity index (χ3n) is 3.17. The SMILES string of the molecule is CC(C)(C)OC(=O)N1CCC(OCc2cccc(Cl)c2)C1. The second kappa shape index (κ2) is 6.67. The van der Waals surface area contributed by atoms with Crippen molar-refractivity contribution in [2.45, 2.75) is 45.5 Å². The van der Waals surface area contributed by atoms with Crippen LogP contribution in [0.4, 0.5) is 4.79 Å². The van der Waals surface area contributed by atoms with Gasteiger partial charge in [-0.2, -0.15) is 0 Å². The average molecular weight is 312 g/mol. The summed E-state index contributed by atoms with van der Waals surface area (Å²) in [5, 5.41) is 0.706. The van der Waals surface area contributed by atoms with E-state index in [1.165, 1.54) is 0 Å². The molecule has 2 rings (SSSR count). The second-order valence-corrected chi connectivity index (χ2v) is 6.71. The molecule has 1 aromatic rings. The highest BCUT2D eigenvalue weighted by Crippen LogP contribution is 2.19. The topological polar surface area (TPSA) is 38.8 Å². The molecule has 0 aliphatic carbocycles. The van der Waals surface area contributed by atoms with E-state index in [0.717, 1.165) is 12.0 Å². The summed E-state index contributed by atoms with van der Waals surface area (Å²) >= 11 is 5.94. The fourth-order valence-electron chi connectivity index (χ4n) is 2.20. The van der Waals surface area contributed by atoms with Crippen LogP contribution in [0, 0.1) is 0 Å². The Kier molecular flexibility index (Phi) is 5.12. The smallest absolute Gasteiger partial charge is 0.410 e. The zero-order valence-electron chi connectivity index (χ0n) is 12.8. The Morgan fingerprint density at radius 1 is 1.43 bits per heavy atom. The van der Waals surface area contributed by atoms with Gasteiger partial charge in [-0.1, -0.05) is 23.7 Å². The molecule has 0 radical (unpaired) electrons. The Labute approximate surface area is 131 Å². The number of likely N-dealkylation sites (tertiary alicyclic amines) is 1. The number of halogens is 1. The van der Waals surface area contributed by atoms with Crippen LogP contribution in [-0.4, -0.2) is 35.8 Å². The molecule has 1 atom stereocenters. The molecule has 1 amide bonds. The molecule has 0 aromatic heterocycles. The van der Waals surface area contributed by atoms with Gasteiger partial charge in [0.05, 0.1) is 19.3 Å². The summed E-state index contributed by atoms with van der Waals surface area (Å²) in [5.74, 6) is 0. The normalized spacial score (nSPS) is 18.9. The number of carbonyl (C=O) groups excluding carboxylic acids is 1. The molecule has 116 valence electrons. The zero-order chi connectivity index (χ0) is 15.5. The molecular weight excluding hydrogens is 290 g/mol. The fourth-order valence-corrected chi connectivity index (χ4v) is 2.41. The van der Waals surface area contributed by atoms with Gasteiger partial charge in [-0.05, 0) is 44.9 Å². The quantitative estimate of drug-likeness (QED) is 0.850. The van der Waals surface area contributed by atoms with E-state index >= 15 is 0 Å². The highest BCUT2D eigenvalue weighted by Gasteiger charge is 2.30. The van der Waals surface area contributed by atoms with E-state index in [2.05, 4.69) is 0 Å². The number of hydrogen-bond donors (Lipinski definition) is 0. The minimum absolute atomic E-state index is 0.0523. The van der Waals surface area contributed by atoms with Gasteiger partial charge in [-0.3, -0.25) is 0 Å². The number of benzene rings is 1. The highest BCUT2D eigenvalue weighted by atomic mass is 35.5. The van der Waals surface area contributed by atoms with Gasteiger partial charge >= 0.3 is 6.09 Å². The molecule has 21 heavy (non-hydrogen) atoms. The lowest BCUT2D eigenvalue weighted by atomic mass is 10.2. The van der Waals surface area contributed by atoms with Gasteiger partial charge < -0.3 is 14.4 Å². The summed E-state index contributed by atoms with van der Waals surface area (Å²) in [6.07, 6.45) is 0.618. The lowest BCUT2D eigenvalue weighted by molar-refractivity contribution is 0.0184. The fraction of sp³-hybridized carbons (Fsp3) is 0.562. The molecule has 1 unspecified atom stereocenters. The first kappa shape index (κ1) is 16.1. The van der Waals surface area contributed by atoms with E-state index in [9.17, 15) is 4.79 Å². The summed E-state index contributed by atoms with van der Waals surface area (Å²) in [7, 11) is 0. The van der Waals surface area contributed by atoms with Crippen LogP contribution in [0.2, 0.25) is 5.02 Å². The third kappa shape index (κ3) is 5.21. The largest absolute Gasteiger partial charge is 0.444 e. The van der Waals surface area contributed by atoms with Crippen molar-refractivity contribution in [1.82, 2.24) is 4.90 Å². The first-order chi connectivity index (χ1) is 9.83.